The zero-order valence-electron chi connectivity index (χ0n) is 11.8. The largest absolute Gasteiger partial charge is 0.496 e. The minimum Gasteiger partial charge on any atom is -0.496 e. The number of halogens is 1. The third kappa shape index (κ3) is 3.22. The number of aryl methyl sites for hydroxylation is 1. The fraction of sp³-hybridized carbons (Fsp3) is 0.200. The molecule has 0 saturated carbocycles. The Hall–Kier alpha value is -1.53. The van der Waals surface area contributed by atoms with Crippen molar-refractivity contribution in [3.8, 4) is 16.9 Å². The van der Waals surface area contributed by atoms with E-state index >= 15 is 0 Å². The van der Waals surface area contributed by atoms with Gasteiger partial charge in [-0.25, -0.2) is 4.79 Å². The van der Waals surface area contributed by atoms with Gasteiger partial charge in [0.25, 0.3) is 0 Å². The van der Waals surface area contributed by atoms with Gasteiger partial charge in [0.15, 0.2) is 0 Å². The number of carboxylic acids is 1. The van der Waals surface area contributed by atoms with Crippen molar-refractivity contribution in [2.75, 3.05) is 13.4 Å². The zero-order valence-corrected chi connectivity index (χ0v) is 14.2. The Morgan fingerprint density at radius 3 is 2.62 bits per heavy atom. The van der Waals surface area contributed by atoms with Gasteiger partial charge in [-0.05, 0) is 47.3 Å². The molecular weight excluding hydrogens is 354 g/mol. The molecule has 1 aromatic carbocycles. The van der Waals surface area contributed by atoms with E-state index in [0.29, 0.717) is 11.3 Å². The van der Waals surface area contributed by atoms with Crippen LogP contribution in [-0.4, -0.2) is 29.4 Å². The molecule has 0 aliphatic rings. The Balaban J connectivity index is 2.74. The minimum atomic E-state index is -1.01. The summed E-state index contributed by atoms with van der Waals surface area (Å²) in [7, 11) is 1.57. The average molecular weight is 368 g/mol. The number of carbonyl (C=O) groups is 1. The van der Waals surface area contributed by atoms with Crippen molar-refractivity contribution in [3.05, 3.63) is 40.1 Å². The van der Waals surface area contributed by atoms with Crippen LogP contribution >= 0.6 is 27.7 Å². The first-order chi connectivity index (χ1) is 9.97. The fourth-order valence-electron chi connectivity index (χ4n) is 2.02. The van der Waals surface area contributed by atoms with Crippen LogP contribution < -0.4 is 4.74 Å². The first-order valence-electron chi connectivity index (χ1n) is 6.09. The number of benzene rings is 1. The maximum atomic E-state index is 11.4. The van der Waals surface area contributed by atoms with Crippen LogP contribution in [0.1, 0.15) is 16.1 Å². The van der Waals surface area contributed by atoms with Gasteiger partial charge in [0, 0.05) is 32.4 Å². The second-order valence-corrected chi connectivity index (χ2v) is 6.07. The Kier molecular flexibility index (Phi) is 4.90. The number of ether oxygens (including phenoxy) is 1. The average Bonchev–Trinajstić information content (AvgIpc) is 2.46. The van der Waals surface area contributed by atoms with Crippen LogP contribution in [0.5, 0.6) is 5.75 Å². The van der Waals surface area contributed by atoms with Crippen LogP contribution in [-0.2, 0) is 0 Å². The summed E-state index contributed by atoms with van der Waals surface area (Å²) >= 11 is 5.10. The van der Waals surface area contributed by atoms with Gasteiger partial charge in [0.2, 0.25) is 0 Å². The maximum absolute atomic E-state index is 11.4. The monoisotopic (exact) mass is 367 g/mol. The molecule has 4 nitrogen and oxygen atoms in total. The molecule has 2 rings (SSSR count). The van der Waals surface area contributed by atoms with E-state index in [4.69, 9.17) is 4.74 Å². The molecule has 0 saturated heterocycles. The molecule has 0 unspecified atom stereocenters. The number of hydrogen-bond acceptors (Lipinski definition) is 4. The number of pyridine rings is 1. The molecule has 21 heavy (non-hydrogen) atoms. The third-order valence-corrected chi connectivity index (χ3v) is 4.73. The highest BCUT2D eigenvalue weighted by molar-refractivity contribution is 9.10. The number of aromatic nitrogens is 1. The van der Waals surface area contributed by atoms with Crippen LogP contribution in [0.3, 0.4) is 0 Å². The number of carboxylic acid groups (broad SMARTS) is 1. The van der Waals surface area contributed by atoms with Crippen molar-refractivity contribution in [2.45, 2.75) is 11.8 Å². The first-order valence-corrected chi connectivity index (χ1v) is 8.11. The highest BCUT2D eigenvalue weighted by Gasteiger charge is 2.18. The van der Waals surface area contributed by atoms with Crippen LogP contribution in [0.25, 0.3) is 11.1 Å². The van der Waals surface area contributed by atoms with Crippen LogP contribution in [0.4, 0.5) is 0 Å². The second-order valence-electron chi connectivity index (χ2n) is 4.36. The molecule has 0 radical (unpaired) electrons. The number of thioether (sulfide) groups is 1. The van der Waals surface area contributed by atoms with Gasteiger partial charge in [-0.2, -0.15) is 0 Å². The summed E-state index contributed by atoms with van der Waals surface area (Å²) in [6.45, 7) is 1.83. The van der Waals surface area contributed by atoms with Crippen molar-refractivity contribution in [1.82, 2.24) is 4.98 Å². The summed E-state index contributed by atoms with van der Waals surface area (Å²) in [6, 6.07) is 5.53. The molecule has 0 spiro atoms. The molecule has 1 heterocycles. The highest BCUT2D eigenvalue weighted by atomic mass is 79.9. The van der Waals surface area contributed by atoms with Crippen molar-refractivity contribution in [1.29, 1.82) is 0 Å². The normalized spacial score (nSPS) is 10.5. The Morgan fingerprint density at radius 2 is 2.05 bits per heavy atom. The molecule has 0 amide bonds. The van der Waals surface area contributed by atoms with Gasteiger partial charge in [0.05, 0.1) is 12.7 Å². The molecule has 0 fully saturated rings. The molecule has 0 bridgehead atoms. The molecule has 110 valence electrons. The SMILES string of the molecule is COc1cc(SC)c(Br)cc1-c1cc(C)ncc1C(=O)O. The van der Waals surface area contributed by atoms with E-state index in [1.54, 1.807) is 24.9 Å². The standard InChI is InChI=1S/C15H14BrNO3S/c1-8-4-9(11(7-17-8)15(18)19)10-5-12(16)14(21-3)6-13(10)20-2/h4-7H,1-3H3,(H,18,19). The van der Waals surface area contributed by atoms with Crippen LogP contribution in [0.15, 0.2) is 33.8 Å². The summed E-state index contributed by atoms with van der Waals surface area (Å²) < 4.78 is 6.32. The minimum absolute atomic E-state index is 0.155. The molecule has 1 aromatic heterocycles. The Morgan fingerprint density at radius 1 is 1.33 bits per heavy atom. The zero-order chi connectivity index (χ0) is 15.6. The lowest BCUT2D eigenvalue weighted by Crippen LogP contribution is -2.02. The third-order valence-electron chi connectivity index (χ3n) is 3.04. The van der Waals surface area contributed by atoms with E-state index in [2.05, 4.69) is 20.9 Å². The quantitative estimate of drug-likeness (QED) is 0.818. The summed E-state index contributed by atoms with van der Waals surface area (Å²) in [5, 5.41) is 9.35. The lowest BCUT2D eigenvalue weighted by Gasteiger charge is -2.14. The number of nitrogens with zero attached hydrogens (tertiary/aromatic N) is 1. The number of aromatic carboxylic acids is 1. The van der Waals surface area contributed by atoms with E-state index in [-0.39, 0.29) is 5.56 Å². The molecule has 2 aromatic rings. The van der Waals surface area contributed by atoms with Crippen molar-refractivity contribution < 1.29 is 14.6 Å². The summed E-state index contributed by atoms with van der Waals surface area (Å²) in [6.07, 6.45) is 3.35. The van der Waals surface area contributed by atoms with E-state index in [9.17, 15) is 9.90 Å². The molecule has 0 aliphatic carbocycles. The second kappa shape index (κ2) is 6.49. The van der Waals surface area contributed by atoms with Crippen LogP contribution in [0.2, 0.25) is 0 Å². The van der Waals surface area contributed by atoms with Gasteiger partial charge in [-0.1, -0.05) is 0 Å². The van der Waals surface area contributed by atoms with Crippen molar-refractivity contribution >= 4 is 33.7 Å². The van der Waals surface area contributed by atoms with Crippen molar-refractivity contribution in [3.63, 3.8) is 0 Å². The van der Waals surface area contributed by atoms with E-state index in [1.807, 2.05) is 25.3 Å². The van der Waals surface area contributed by atoms with Gasteiger partial charge in [-0.15, -0.1) is 11.8 Å². The summed E-state index contributed by atoms with van der Waals surface area (Å²) in [4.78, 5) is 16.5. The van der Waals surface area contributed by atoms with Gasteiger partial charge in [-0.3, -0.25) is 4.98 Å². The fourth-order valence-corrected chi connectivity index (χ4v) is 3.33. The van der Waals surface area contributed by atoms with E-state index in [0.717, 1.165) is 20.6 Å². The molecule has 0 aliphatic heterocycles. The number of rotatable bonds is 4. The van der Waals surface area contributed by atoms with Gasteiger partial charge in [0.1, 0.15) is 5.75 Å². The molecular formula is C15H14BrNO3S. The van der Waals surface area contributed by atoms with E-state index in [1.165, 1.54) is 6.20 Å². The Bertz CT molecular complexity index is 704. The van der Waals surface area contributed by atoms with Gasteiger partial charge >= 0.3 is 5.97 Å². The summed E-state index contributed by atoms with van der Waals surface area (Å²) in [5.74, 6) is -0.375. The number of hydrogen-bond donors (Lipinski definition) is 1. The van der Waals surface area contributed by atoms with Crippen LogP contribution in [0, 0.1) is 6.92 Å². The lowest BCUT2D eigenvalue weighted by molar-refractivity contribution is 0.0697. The smallest absolute Gasteiger partial charge is 0.337 e. The predicted molar refractivity (Wildman–Crippen MR) is 87.4 cm³/mol. The maximum Gasteiger partial charge on any atom is 0.337 e. The molecule has 0 atom stereocenters. The molecule has 1 N–H and O–H groups in total. The highest BCUT2D eigenvalue weighted by Crippen LogP contribution is 2.39. The van der Waals surface area contributed by atoms with Gasteiger partial charge < -0.3 is 9.84 Å². The summed E-state index contributed by atoms with van der Waals surface area (Å²) in [5.41, 5.74) is 2.23. The Labute approximate surface area is 135 Å². The topological polar surface area (TPSA) is 59.4 Å². The lowest BCUT2D eigenvalue weighted by atomic mass is 10.00. The van der Waals surface area contributed by atoms with Crippen molar-refractivity contribution in [2.24, 2.45) is 0 Å². The van der Waals surface area contributed by atoms with E-state index < -0.39 is 5.97 Å². The molecule has 6 heteroatoms. The predicted octanol–water partition coefficient (Wildman–Crippen LogP) is 4.25. The number of methoxy groups -OCH3 is 1. The first kappa shape index (κ1) is 15.9.